The maximum absolute atomic E-state index is 13.6. The van der Waals surface area contributed by atoms with E-state index >= 15 is 0 Å². The summed E-state index contributed by atoms with van der Waals surface area (Å²) in [6, 6.07) is 23.4. The smallest absolute Gasteiger partial charge is 0.251 e. The molecule has 1 fully saturated rings. The van der Waals surface area contributed by atoms with Crippen LogP contribution in [0.2, 0.25) is 0 Å². The number of carbonyl (C=O) groups is 1. The van der Waals surface area contributed by atoms with E-state index in [4.69, 9.17) is 14.2 Å². The Bertz CT molecular complexity index is 1450. The molecule has 3 aromatic rings. The molecule has 0 spiro atoms. The summed E-state index contributed by atoms with van der Waals surface area (Å²) >= 11 is 0. The van der Waals surface area contributed by atoms with Crippen LogP contribution in [0.4, 0.5) is 11.4 Å². The van der Waals surface area contributed by atoms with Crippen molar-refractivity contribution in [1.29, 1.82) is 0 Å². The Kier molecular flexibility index (Phi) is 11.9. The molecule has 7 nitrogen and oxygen atoms in total. The summed E-state index contributed by atoms with van der Waals surface area (Å²) in [5.74, 6) is 1.23. The Labute approximate surface area is 275 Å². The van der Waals surface area contributed by atoms with Crippen LogP contribution >= 0.6 is 0 Å². The number of ether oxygens (including phenoxy) is 3. The molecule has 7 heteroatoms. The van der Waals surface area contributed by atoms with Gasteiger partial charge in [0.2, 0.25) is 0 Å². The Morgan fingerprint density at radius 1 is 1.04 bits per heavy atom. The molecule has 46 heavy (non-hydrogen) atoms. The topological polar surface area (TPSA) is 63.3 Å². The van der Waals surface area contributed by atoms with E-state index in [1.165, 1.54) is 17.7 Å². The second-order valence-corrected chi connectivity index (χ2v) is 13.1. The fourth-order valence-electron chi connectivity index (χ4n) is 6.21. The maximum Gasteiger partial charge on any atom is 0.251 e. The molecular weight excluding hydrogens is 574 g/mol. The Morgan fingerprint density at radius 3 is 2.50 bits per heavy atom. The maximum atomic E-state index is 13.6. The van der Waals surface area contributed by atoms with Gasteiger partial charge in [-0.15, -0.1) is 0 Å². The van der Waals surface area contributed by atoms with Gasteiger partial charge in [0.1, 0.15) is 5.75 Å². The second kappa shape index (κ2) is 16.3. The van der Waals surface area contributed by atoms with E-state index in [9.17, 15) is 4.79 Å². The van der Waals surface area contributed by atoms with Crippen LogP contribution in [-0.2, 0) is 20.8 Å². The first kappa shape index (κ1) is 33.7. The van der Waals surface area contributed by atoms with Crippen molar-refractivity contribution in [2.75, 3.05) is 50.2 Å². The lowest BCUT2D eigenvalue weighted by molar-refractivity contribution is -0.112. The number of hydrogen-bond donors (Lipinski definition) is 1. The molecule has 1 N–H and O–H groups in total. The Hall–Kier alpha value is -3.65. The van der Waals surface area contributed by atoms with Crippen molar-refractivity contribution in [1.82, 2.24) is 4.90 Å². The summed E-state index contributed by atoms with van der Waals surface area (Å²) in [6.07, 6.45) is 5.72. The van der Waals surface area contributed by atoms with Gasteiger partial charge in [-0.3, -0.25) is 9.69 Å². The summed E-state index contributed by atoms with van der Waals surface area (Å²) in [5.41, 5.74) is 7.25. The highest BCUT2D eigenvalue weighted by atomic mass is 16.7. The number of rotatable bonds is 13. The van der Waals surface area contributed by atoms with Gasteiger partial charge < -0.3 is 24.4 Å². The zero-order chi connectivity index (χ0) is 32.5. The minimum Gasteiger partial charge on any atom is -0.465 e. The van der Waals surface area contributed by atoms with Gasteiger partial charge in [0.05, 0.1) is 13.2 Å². The highest BCUT2D eigenvalue weighted by Gasteiger charge is 2.22. The predicted molar refractivity (Wildman–Crippen MR) is 188 cm³/mol. The van der Waals surface area contributed by atoms with Crippen LogP contribution in [0.3, 0.4) is 0 Å². The number of nitrogens with zero attached hydrogens (tertiary/aromatic N) is 2. The number of hydrogen-bond acceptors (Lipinski definition) is 6. The van der Waals surface area contributed by atoms with E-state index in [0.717, 1.165) is 79.4 Å². The largest absolute Gasteiger partial charge is 0.465 e. The first-order valence-electron chi connectivity index (χ1n) is 17.0. The molecule has 2 atom stereocenters. The van der Waals surface area contributed by atoms with Gasteiger partial charge in [-0.25, -0.2) is 0 Å². The molecule has 0 bridgehead atoms. The van der Waals surface area contributed by atoms with Crippen molar-refractivity contribution < 1.29 is 19.0 Å². The van der Waals surface area contributed by atoms with Gasteiger partial charge >= 0.3 is 0 Å². The molecule has 1 amide bonds. The third-order valence-corrected chi connectivity index (χ3v) is 8.68. The number of nitrogens with one attached hydrogen (secondary N) is 1. The number of benzene rings is 3. The Morgan fingerprint density at radius 2 is 1.80 bits per heavy atom. The minimum absolute atomic E-state index is 0.0483. The predicted octanol–water partition coefficient (Wildman–Crippen LogP) is 8.00. The number of fused-ring (bicyclic) bond motifs is 1. The number of anilines is 2. The van der Waals surface area contributed by atoms with Crippen LogP contribution in [-0.4, -0.2) is 63.1 Å². The quantitative estimate of drug-likeness (QED) is 0.194. The van der Waals surface area contributed by atoms with Gasteiger partial charge in [0.25, 0.3) is 5.91 Å². The van der Waals surface area contributed by atoms with E-state index in [1.807, 2.05) is 31.2 Å². The van der Waals surface area contributed by atoms with Crippen molar-refractivity contribution in [2.45, 2.75) is 72.3 Å². The van der Waals surface area contributed by atoms with E-state index in [0.29, 0.717) is 25.0 Å². The fourth-order valence-corrected chi connectivity index (χ4v) is 6.21. The highest BCUT2D eigenvalue weighted by Crippen LogP contribution is 2.34. The molecule has 246 valence electrons. The second-order valence-electron chi connectivity index (χ2n) is 13.1. The van der Waals surface area contributed by atoms with Crippen LogP contribution in [0.15, 0.2) is 72.3 Å². The Balaban J connectivity index is 1.30. The molecule has 1 saturated heterocycles. The van der Waals surface area contributed by atoms with E-state index in [2.05, 4.69) is 91.5 Å². The fraction of sp³-hybridized carbons (Fsp3) is 0.462. The monoisotopic (exact) mass is 625 g/mol. The average Bonchev–Trinajstić information content (AvgIpc) is 3.24. The summed E-state index contributed by atoms with van der Waals surface area (Å²) in [4.78, 5) is 18.4. The summed E-state index contributed by atoms with van der Waals surface area (Å²) in [6.45, 7) is 13.4. The van der Waals surface area contributed by atoms with Crippen LogP contribution in [0.5, 0.6) is 5.75 Å². The molecule has 0 aliphatic carbocycles. The van der Waals surface area contributed by atoms with Gasteiger partial charge in [0.15, 0.2) is 6.29 Å². The lowest BCUT2D eigenvalue weighted by Crippen LogP contribution is -2.37. The van der Waals surface area contributed by atoms with Crippen molar-refractivity contribution >= 4 is 23.4 Å². The van der Waals surface area contributed by atoms with Crippen molar-refractivity contribution in [2.24, 2.45) is 5.92 Å². The molecule has 2 aliphatic heterocycles. The number of carbonyl (C=O) groups excluding carboxylic acids is 1. The van der Waals surface area contributed by atoms with Crippen LogP contribution in [0, 0.1) is 5.92 Å². The molecule has 2 heterocycles. The normalized spacial score (nSPS) is 17.3. The summed E-state index contributed by atoms with van der Waals surface area (Å²) in [5, 5.41) is 3.17. The third kappa shape index (κ3) is 9.21. The van der Waals surface area contributed by atoms with Gasteiger partial charge in [0, 0.05) is 49.2 Å². The first-order chi connectivity index (χ1) is 22.3. The zero-order valence-corrected chi connectivity index (χ0v) is 28.3. The minimum atomic E-state index is -0.290. The molecule has 0 radical (unpaired) electrons. The summed E-state index contributed by atoms with van der Waals surface area (Å²) < 4.78 is 17.2. The van der Waals surface area contributed by atoms with Crippen molar-refractivity contribution in [3.05, 3.63) is 83.4 Å². The molecule has 0 aromatic heterocycles. The lowest BCUT2D eigenvalue weighted by Gasteiger charge is -2.31. The van der Waals surface area contributed by atoms with Crippen molar-refractivity contribution in [3.63, 3.8) is 0 Å². The van der Waals surface area contributed by atoms with Gasteiger partial charge in [-0.1, -0.05) is 51.1 Å². The number of amides is 1. The molecule has 2 aliphatic rings. The van der Waals surface area contributed by atoms with E-state index in [1.54, 1.807) is 0 Å². The molecule has 5 rings (SSSR count). The van der Waals surface area contributed by atoms with Crippen LogP contribution in [0.1, 0.15) is 64.5 Å². The van der Waals surface area contributed by atoms with Gasteiger partial charge in [-0.05, 0) is 110 Å². The lowest BCUT2D eigenvalue weighted by atomic mass is 10.00. The van der Waals surface area contributed by atoms with Crippen molar-refractivity contribution in [3.8, 4) is 16.9 Å². The summed E-state index contributed by atoms with van der Waals surface area (Å²) in [7, 11) is 2.16. The van der Waals surface area contributed by atoms with E-state index < -0.39 is 0 Å². The third-order valence-electron chi connectivity index (χ3n) is 8.68. The first-order valence-corrected chi connectivity index (χ1v) is 17.0. The molecule has 0 saturated carbocycles. The van der Waals surface area contributed by atoms with Crippen LogP contribution in [0.25, 0.3) is 17.2 Å². The SMILES string of the molecule is CCCOC(C)Oc1ccc(-c2ccc3c(c2)C=C(C(=O)Nc2ccc(CN(C)C4CCCOC4)cc2)CCN3CC(C)C)cc1. The zero-order valence-electron chi connectivity index (χ0n) is 28.3. The van der Waals surface area contributed by atoms with E-state index in [-0.39, 0.29) is 12.2 Å². The molecule has 2 unspecified atom stereocenters. The molecular formula is C39H51N3O4. The number of likely N-dealkylation sites (N-methyl/N-ethyl adjacent to an activating group) is 1. The highest BCUT2D eigenvalue weighted by molar-refractivity contribution is 6.07. The average molecular weight is 626 g/mol. The van der Waals surface area contributed by atoms with Gasteiger partial charge in [-0.2, -0.15) is 0 Å². The molecule has 3 aromatic carbocycles. The standard InChI is InChI=1S/C39H51N3O4/c1-6-21-45-29(4)46-37-16-11-31(12-17-37)32-13-18-38-34(23-32)24-33(19-20-42(38)25-28(2)3)39(43)40-35-14-9-30(10-15-35)26-41(5)36-8-7-22-44-27-36/h9-18,23-24,28-29,36H,6-8,19-22,25-27H2,1-5H3,(H,40,43). The van der Waals surface area contributed by atoms with Crippen LogP contribution < -0.4 is 15.0 Å².